The molecule has 0 spiro atoms. The van der Waals surface area contributed by atoms with E-state index in [0.717, 1.165) is 35.2 Å². The summed E-state index contributed by atoms with van der Waals surface area (Å²) in [4.78, 5) is 0. The van der Waals surface area contributed by atoms with Gasteiger partial charge in [0.2, 0.25) is 0 Å². The smallest absolute Gasteiger partial charge is 0.155 e. The highest BCUT2D eigenvalue weighted by Gasteiger charge is 2.14. The Morgan fingerprint density at radius 1 is 1.24 bits per heavy atom. The van der Waals surface area contributed by atoms with Crippen LogP contribution in [0.2, 0.25) is 5.02 Å². The van der Waals surface area contributed by atoms with Crippen LogP contribution in [0, 0.1) is 0 Å². The van der Waals surface area contributed by atoms with Crippen LogP contribution < -0.4 is 10.1 Å². The second-order valence-corrected chi connectivity index (χ2v) is 6.22. The average molecular weight is 326 g/mol. The number of rotatable bonds is 8. The van der Waals surface area contributed by atoms with Crippen LogP contribution in [0.3, 0.4) is 0 Å². The van der Waals surface area contributed by atoms with Gasteiger partial charge in [0.15, 0.2) is 5.01 Å². The van der Waals surface area contributed by atoms with Gasteiger partial charge in [-0.3, -0.25) is 0 Å². The van der Waals surface area contributed by atoms with Gasteiger partial charge in [-0.2, -0.15) is 0 Å². The molecule has 1 aromatic heterocycles. The first-order chi connectivity index (χ1) is 10.2. The maximum atomic E-state index is 5.84. The van der Waals surface area contributed by atoms with Gasteiger partial charge in [0, 0.05) is 5.02 Å². The van der Waals surface area contributed by atoms with Crippen molar-refractivity contribution in [1.29, 1.82) is 0 Å². The van der Waals surface area contributed by atoms with Crippen LogP contribution >= 0.6 is 22.9 Å². The van der Waals surface area contributed by atoms with Gasteiger partial charge in [-0.05, 0) is 43.7 Å². The first kappa shape index (κ1) is 16.2. The lowest BCUT2D eigenvalue weighted by molar-refractivity contribution is 0.304. The van der Waals surface area contributed by atoms with Gasteiger partial charge in [-0.25, -0.2) is 0 Å². The SMILES string of the molecule is CCCNC(CC)c1nnc(COc2ccc(Cl)cc2)s1. The Hall–Kier alpha value is -1.17. The number of nitrogens with zero attached hydrogens (tertiary/aromatic N) is 2. The summed E-state index contributed by atoms with van der Waals surface area (Å²) in [6.45, 7) is 5.74. The van der Waals surface area contributed by atoms with Gasteiger partial charge < -0.3 is 10.1 Å². The van der Waals surface area contributed by atoms with E-state index in [1.807, 2.05) is 24.3 Å². The summed E-state index contributed by atoms with van der Waals surface area (Å²) in [5, 5.41) is 14.6. The Labute approximate surface area is 134 Å². The Balaban J connectivity index is 1.91. The monoisotopic (exact) mass is 325 g/mol. The lowest BCUT2D eigenvalue weighted by atomic mass is 10.2. The third-order valence-electron chi connectivity index (χ3n) is 3.01. The zero-order chi connectivity index (χ0) is 15.1. The molecule has 0 saturated carbocycles. The normalized spacial score (nSPS) is 12.3. The molecule has 0 saturated heterocycles. The summed E-state index contributed by atoms with van der Waals surface area (Å²) in [5.41, 5.74) is 0. The molecule has 0 aliphatic rings. The van der Waals surface area contributed by atoms with Crippen molar-refractivity contribution in [2.45, 2.75) is 39.3 Å². The third-order valence-corrected chi connectivity index (χ3v) is 4.27. The van der Waals surface area contributed by atoms with Crippen molar-refractivity contribution in [3.8, 4) is 5.75 Å². The highest BCUT2D eigenvalue weighted by Crippen LogP contribution is 2.22. The Kier molecular flexibility index (Phi) is 6.42. The van der Waals surface area contributed by atoms with E-state index >= 15 is 0 Å². The molecule has 0 fully saturated rings. The molecule has 0 radical (unpaired) electrons. The van der Waals surface area contributed by atoms with Crippen LogP contribution in [0.1, 0.15) is 42.7 Å². The minimum Gasteiger partial charge on any atom is -0.486 e. The fraction of sp³-hybridized carbons (Fsp3) is 0.467. The van der Waals surface area contributed by atoms with Crippen molar-refractivity contribution in [2.75, 3.05) is 6.54 Å². The summed E-state index contributed by atoms with van der Waals surface area (Å²) in [7, 11) is 0. The fourth-order valence-corrected chi connectivity index (χ4v) is 2.91. The molecule has 0 aliphatic carbocycles. The van der Waals surface area contributed by atoms with Gasteiger partial charge in [-0.15, -0.1) is 10.2 Å². The highest BCUT2D eigenvalue weighted by molar-refractivity contribution is 7.11. The van der Waals surface area contributed by atoms with Crippen molar-refractivity contribution in [1.82, 2.24) is 15.5 Å². The Morgan fingerprint density at radius 3 is 2.67 bits per heavy atom. The number of ether oxygens (including phenoxy) is 1. The topological polar surface area (TPSA) is 47.0 Å². The Bertz CT molecular complexity index is 544. The molecule has 2 aromatic rings. The summed E-state index contributed by atoms with van der Waals surface area (Å²) in [5.74, 6) is 0.785. The molecular weight excluding hydrogens is 306 g/mol. The van der Waals surface area contributed by atoms with Crippen LogP contribution in [0.15, 0.2) is 24.3 Å². The summed E-state index contributed by atoms with van der Waals surface area (Å²) < 4.78 is 5.68. The number of halogens is 1. The zero-order valence-corrected chi connectivity index (χ0v) is 13.9. The fourth-order valence-electron chi connectivity index (χ4n) is 1.87. The van der Waals surface area contributed by atoms with Gasteiger partial charge >= 0.3 is 0 Å². The Morgan fingerprint density at radius 2 is 2.00 bits per heavy atom. The minimum absolute atomic E-state index is 0.284. The largest absolute Gasteiger partial charge is 0.486 e. The van der Waals surface area contributed by atoms with Crippen LogP contribution in [-0.2, 0) is 6.61 Å². The predicted octanol–water partition coefficient (Wildman–Crippen LogP) is 4.22. The summed E-state index contributed by atoms with van der Waals surface area (Å²) in [6.07, 6.45) is 2.12. The third kappa shape index (κ3) is 4.95. The van der Waals surface area contributed by atoms with E-state index in [4.69, 9.17) is 16.3 Å². The molecule has 1 heterocycles. The molecule has 114 valence electrons. The lowest BCUT2D eigenvalue weighted by Crippen LogP contribution is -2.21. The van der Waals surface area contributed by atoms with Gasteiger partial charge in [-0.1, -0.05) is 36.8 Å². The van der Waals surface area contributed by atoms with Crippen molar-refractivity contribution in [3.63, 3.8) is 0 Å². The van der Waals surface area contributed by atoms with E-state index in [1.54, 1.807) is 11.3 Å². The van der Waals surface area contributed by atoms with Crippen molar-refractivity contribution >= 4 is 22.9 Å². The number of benzene rings is 1. The molecule has 0 aliphatic heterocycles. The van der Waals surface area contributed by atoms with Crippen LogP contribution in [0.4, 0.5) is 0 Å². The molecule has 6 heteroatoms. The summed E-state index contributed by atoms with van der Waals surface area (Å²) >= 11 is 7.44. The van der Waals surface area contributed by atoms with Gasteiger partial charge in [0.25, 0.3) is 0 Å². The zero-order valence-electron chi connectivity index (χ0n) is 12.3. The van der Waals surface area contributed by atoms with E-state index in [0.29, 0.717) is 11.6 Å². The molecule has 0 bridgehead atoms. The summed E-state index contributed by atoms with van der Waals surface area (Å²) in [6, 6.07) is 7.60. The quantitative estimate of drug-likeness (QED) is 0.789. The van der Waals surface area contributed by atoms with Gasteiger partial charge in [0.1, 0.15) is 17.4 Å². The number of nitrogens with one attached hydrogen (secondary N) is 1. The van der Waals surface area contributed by atoms with Crippen molar-refractivity contribution in [2.24, 2.45) is 0 Å². The molecule has 1 unspecified atom stereocenters. The van der Waals surface area contributed by atoms with Crippen molar-refractivity contribution < 1.29 is 4.74 Å². The van der Waals surface area contributed by atoms with Crippen LogP contribution in [0.5, 0.6) is 5.75 Å². The van der Waals surface area contributed by atoms with Crippen LogP contribution in [0.25, 0.3) is 0 Å². The van der Waals surface area contributed by atoms with Crippen LogP contribution in [-0.4, -0.2) is 16.7 Å². The van der Waals surface area contributed by atoms with Gasteiger partial charge in [0.05, 0.1) is 6.04 Å². The number of hydrogen-bond acceptors (Lipinski definition) is 5. The maximum absolute atomic E-state index is 5.84. The van der Waals surface area contributed by atoms with E-state index in [9.17, 15) is 0 Å². The molecular formula is C15H20ClN3OS. The average Bonchev–Trinajstić information content (AvgIpc) is 2.96. The molecule has 21 heavy (non-hydrogen) atoms. The van der Waals surface area contributed by atoms with Crippen molar-refractivity contribution in [3.05, 3.63) is 39.3 Å². The maximum Gasteiger partial charge on any atom is 0.155 e. The molecule has 4 nitrogen and oxygen atoms in total. The lowest BCUT2D eigenvalue weighted by Gasteiger charge is -2.12. The molecule has 2 rings (SSSR count). The predicted molar refractivity (Wildman–Crippen MR) is 87.0 cm³/mol. The molecule has 1 atom stereocenters. The molecule has 0 amide bonds. The molecule has 1 N–H and O–H groups in total. The number of aromatic nitrogens is 2. The molecule has 1 aromatic carbocycles. The standard InChI is InChI=1S/C15H20ClN3OS/c1-3-9-17-13(4-2)15-19-18-14(21-15)10-20-12-7-5-11(16)6-8-12/h5-8,13,17H,3-4,9-10H2,1-2H3. The van der Waals surface area contributed by atoms with E-state index < -0.39 is 0 Å². The second kappa shape index (κ2) is 8.32. The minimum atomic E-state index is 0.284. The van der Waals surface area contributed by atoms with E-state index in [1.165, 1.54) is 0 Å². The van der Waals surface area contributed by atoms with E-state index in [2.05, 4.69) is 29.4 Å². The first-order valence-electron chi connectivity index (χ1n) is 7.17. The van der Waals surface area contributed by atoms with E-state index in [-0.39, 0.29) is 6.04 Å². The highest BCUT2D eigenvalue weighted by atomic mass is 35.5. The first-order valence-corrected chi connectivity index (χ1v) is 8.36. The second-order valence-electron chi connectivity index (χ2n) is 4.69. The number of hydrogen-bond donors (Lipinski definition) is 1.